The molecule has 0 spiro atoms. The lowest BCUT2D eigenvalue weighted by Gasteiger charge is -2.28. The highest BCUT2D eigenvalue weighted by atomic mass is 16.6. The van der Waals surface area contributed by atoms with Crippen molar-refractivity contribution in [2.75, 3.05) is 20.3 Å². The number of rotatable bonds is 4. The van der Waals surface area contributed by atoms with Crippen molar-refractivity contribution >= 4 is 12.1 Å². The molecule has 1 aliphatic rings. The van der Waals surface area contributed by atoms with E-state index >= 15 is 0 Å². The van der Waals surface area contributed by atoms with Crippen LogP contribution in [-0.4, -0.2) is 48.9 Å². The minimum atomic E-state index is -0.514. The highest BCUT2D eigenvalue weighted by Crippen LogP contribution is 2.22. The normalized spacial score (nSPS) is 17.5. The molecule has 1 amide bonds. The number of nitrogens with zero attached hydrogens (tertiary/aromatic N) is 1. The molecular weight excluding hydrogens is 310 g/mol. The Bertz CT molecular complexity index is 593. The second kappa shape index (κ2) is 7.55. The maximum absolute atomic E-state index is 12.3. The van der Waals surface area contributed by atoms with Gasteiger partial charge in [0.15, 0.2) is 0 Å². The van der Waals surface area contributed by atoms with Crippen LogP contribution in [0.25, 0.3) is 0 Å². The van der Waals surface area contributed by atoms with Gasteiger partial charge in [-0.3, -0.25) is 0 Å². The molecule has 2 rings (SSSR count). The van der Waals surface area contributed by atoms with Gasteiger partial charge in [-0.05, 0) is 51.8 Å². The van der Waals surface area contributed by atoms with Crippen molar-refractivity contribution in [3.8, 4) is 5.75 Å². The van der Waals surface area contributed by atoms with E-state index in [-0.39, 0.29) is 12.1 Å². The smallest absolute Gasteiger partial charge is 0.410 e. The Morgan fingerprint density at radius 1 is 1.29 bits per heavy atom. The number of amides is 1. The van der Waals surface area contributed by atoms with Gasteiger partial charge in [0.05, 0.1) is 18.7 Å². The molecule has 0 unspecified atom stereocenters. The van der Waals surface area contributed by atoms with E-state index in [0.29, 0.717) is 24.5 Å². The Hall–Kier alpha value is -2.24. The molecule has 1 atom stereocenters. The van der Waals surface area contributed by atoms with E-state index in [4.69, 9.17) is 14.2 Å². The topological polar surface area (TPSA) is 65.1 Å². The van der Waals surface area contributed by atoms with Crippen LogP contribution < -0.4 is 4.74 Å². The van der Waals surface area contributed by atoms with Crippen LogP contribution in [0.3, 0.4) is 0 Å². The lowest BCUT2D eigenvalue weighted by molar-refractivity contribution is 0.0187. The quantitative estimate of drug-likeness (QED) is 0.790. The molecule has 0 radical (unpaired) electrons. The van der Waals surface area contributed by atoms with E-state index < -0.39 is 11.6 Å². The van der Waals surface area contributed by atoms with Gasteiger partial charge in [-0.2, -0.15) is 0 Å². The second-order valence-electron chi connectivity index (χ2n) is 6.80. The molecule has 0 bridgehead atoms. The molecule has 132 valence electrons. The van der Waals surface area contributed by atoms with Gasteiger partial charge in [0.25, 0.3) is 0 Å². The summed E-state index contributed by atoms with van der Waals surface area (Å²) in [5.41, 5.74) is -0.0784. The second-order valence-corrected chi connectivity index (χ2v) is 6.80. The van der Waals surface area contributed by atoms with Crippen LogP contribution >= 0.6 is 0 Å². The Labute approximate surface area is 142 Å². The molecule has 1 saturated heterocycles. The van der Waals surface area contributed by atoms with E-state index in [1.54, 1.807) is 29.2 Å². The highest BCUT2D eigenvalue weighted by molar-refractivity contribution is 5.89. The molecule has 0 saturated carbocycles. The summed E-state index contributed by atoms with van der Waals surface area (Å²) in [5.74, 6) is 0.172. The highest BCUT2D eigenvalue weighted by Gasteiger charge is 2.32. The number of methoxy groups -OCH3 is 1. The largest absolute Gasteiger partial charge is 0.491 e. The van der Waals surface area contributed by atoms with Crippen LogP contribution in [0.5, 0.6) is 5.75 Å². The minimum absolute atomic E-state index is 0.0263. The Balaban J connectivity index is 1.96. The monoisotopic (exact) mass is 335 g/mol. The summed E-state index contributed by atoms with van der Waals surface area (Å²) in [5, 5.41) is 0. The Morgan fingerprint density at radius 2 is 2.04 bits per heavy atom. The van der Waals surface area contributed by atoms with Crippen molar-refractivity contribution in [3.63, 3.8) is 0 Å². The number of esters is 1. The molecule has 1 heterocycles. The van der Waals surface area contributed by atoms with Crippen LogP contribution in [0.4, 0.5) is 4.79 Å². The molecular formula is C18H25NO5. The van der Waals surface area contributed by atoms with Crippen LogP contribution in [0.2, 0.25) is 0 Å². The molecule has 1 aromatic carbocycles. The summed E-state index contributed by atoms with van der Waals surface area (Å²) in [7, 11) is 1.34. The number of carbonyl (C=O) groups excluding carboxylic acids is 2. The Morgan fingerprint density at radius 3 is 2.71 bits per heavy atom. The molecule has 1 aromatic rings. The summed E-state index contributed by atoms with van der Waals surface area (Å²) >= 11 is 0. The van der Waals surface area contributed by atoms with Crippen molar-refractivity contribution in [2.24, 2.45) is 0 Å². The summed E-state index contributed by atoms with van der Waals surface area (Å²) in [4.78, 5) is 25.5. The van der Waals surface area contributed by atoms with Crippen molar-refractivity contribution in [2.45, 2.75) is 45.3 Å². The van der Waals surface area contributed by atoms with Gasteiger partial charge in [0.1, 0.15) is 18.0 Å². The predicted molar refractivity (Wildman–Crippen MR) is 89.2 cm³/mol. The van der Waals surface area contributed by atoms with Crippen LogP contribution in [0, 0.1) is 0 Å². The average molecular weight is 335 g/mol. The number of hydrogen-bond acceptors (Lipinski definition) is 5. The third-order valence-corrected chi connectivity index (χ3v) is 3.70. The number of benzene rings is 1. The van der Waals surface area contributed by atoms with Crippen LogP contribution in [0.15, 0.2) is 24.3 Å². The van der Waals surface area contributed by atoms with Crippen molar-refractivity contribution < 1.29 is 23.8 Å². The molecule has 1 fully saturated rings. The summed E-state index contributed by atoms with van der Waals surface area (Å²) < 4.78 is 15.9. The first-order chi connectivity index (χ1) is 11.3. The lowest BCUT2D eigenvalue weighted by Crippen LogP contribution is -2.42. The van der Waals surface area contributed by atoms with Gasteiger partial charge in [0, 0.05) is 6.54 Å². The van der Waals surface area contributed by atoms with Crippen molar-refractivity contribution in [3.05, 3.63) is 29.8 Å². The fourth-order valence-corrected chi connectivity index (χ4v) is 2.59. The van der Waals surface area contributed by atoms with E-state index in [1.165, 1.54) is 7.11 Å². The Kier molecular flexibility index (Phi) is 5.70. The lowest BCUT2D eigenvalue weighted by atomic mass is 10.2. The molecule has 0 aromatic heterocycles. The van der Waals surface area contributed by atoms with Gasteiger partial charge in [-0.25, -0.2) is 9.59 Å². The van der Waals surface area contributed by atoms with Gasteiger partial charge in [-0.1, -0.05) is 6.07 Å². The minimum Gasteiger partial charge on any atom is -0.491 e. The first kappa shape index (κ1) is 18.1. The maximum Gasteiger partial charge on any atom is 0.410 e. The van der Waals surface area contributed by atoms with Crippen molar-refractivity contribution in [1.29, 1.82) is 0 Å². The van der Waals surface area contributed by atoms with Crippen molar-refractivity contribution in [1.82, 2.24) is 4.90 Å². The molecule has 6 nitrogen and oxygen atoms in total. The molecule has 0 aliphatic carbocycles. The van der Waals surface area contributed by atoms with Gasteiger partial charge in [-0.15, -0.1) is 0 Å². The van der Waals surface area contributed by atoms with E-state index in [0.717, 1.165) is 12.8 Å². The first-order valence-electron chi connectivity index (χ1n) is 8.11. The standard InChI is InChI=1S/C18H25NO5/c1-18(2,3)24-17(21)19-10-6-8-14(19)12-23-15-9-5-7-13(11-15)16(20)22-4/h5,7,9,11,14H,6,8,10,12H2,1-4H3/t14-/m0/s1. The van der Waals surface area contributed by atoms with Gasteiger partial charge >= 0.3 is 12.1 Å². The fourth-order valence-electron chi connectivity index (χ4n) is 2.59. The number of carbonyl (C=O) groups is 2. The average Bonchev–Trinajstić information content (AvgIpc) is 2.99. The number of ether oxygens (including phenoxy) is 3. The third-order valence-electron chi connectivity index (χ3n) is 3.70. The van der Waals surface area contributed by atoms with Gasteiger partial charge in [0.2, 0.25) is 0 Å². The zero-order valence-corrected chi connectivity index (χ0v) is 14.7. The summed E-state index contributed by atoms with van der Waals surface area (Å²) in [6.45, 7) is 6.59. The fraction of sp³-hybridized carbons (Fsp3) is 0.556. The number of likely N-dealkylation sites (tertiary alicyclic amines) is 1. The molecule has 24 heavy (non-hydrogen) atoms. The third kappa shape index (κ3) is 4.88. The SMILES string of the molecule is COC(=O)c1cccc(OC[C@@H]2CCCN2C(=O)OC(C)(C)C)c1. The van der Waals surface area contributed by atoms with E-state index in [1.807, 2.05) is 20.8 Å². The molecule has 1 aliphatic heterocycles. The van der Waals surface area contributed by atoms with Crippen LogP contribution in [0.1, 0.15) is 44.0 Å². The molecule has 0 N–H and O–H groups in total. The predicted octanol–water partition coefficient (Wildman–Crippen LogP) is 3.25. The maximum atomic E-state index is 12.3. The first-order valence-corrected chi connectivity index (χ1v) is 8.11. The molecule has 6 heteroatoms. The summed E-state index contributed by atoms with van der Waals surface area (Å²) in [6, 6.07) is 6.79. The summed E-state index contributed by atoms with van der Waals surface area (Å²) in [6.07, 6.45) is 1.49. The van der Waals surface area contributed by atoms with E-state index in [9.17, 15) is 9.59 Å². The zero-order valence-electron chi connectivity index (χ0n) is 14.7. The van der Waals surface area contributed by atoms with E-state index in [2.05, 4.69) is 0 Å². The number of hydrogen-bond donors (Lipinski definition) is 0. The van der Waals surface area contributed by atoms with Gasteiger partial charge < -0.3 is 19.1 Å². The van der Waals surface area contributed by atoms with Crippen LogP contribution in [-0.2, 0) is 9.47 Å². The zero-order chi connectivity index (χ0) is 17.7.